The molecule has 1 unspecified atom stereocenters. The van der Waals surface area contributed by atoms with Crippen molar-refractivity contribution in [2.45, 2.75) is 40.2 Å². The van der Waals surface area contributed by atoms with Gasteiger partial charge in [-0.3, -0.25) is 9.59 Å². The number of nitrogens with one attached hydrogen (secondary N) is 2. The maximum atomic E-state index is 12.0. The van der Waals surface area contributed by atoms with Crippen molar-refractivity contribution in [2.24, 2.45) is 5.41 Å². The van der Waals surface area contributed by atoms with E-state index in [1.807, 2.05) is 52.0 Å². The molecule has 0 radical (unpaired) electrons. The van der Waals surface area contributed by atoms with Crippen LogP contribution in [0.5, 0.6) is 5.75 Å². The summed E-state index contributed by atoms with van der Waals surface area (Å²) in [5, 5.41) is 5.58. The van der Waals surface area contributed by atoms with Crippen LogP contribution in [-0.4, -0.2) is 25.5 Å². The first-order chi connectivity index (χ1) is 10.3. The first-order valence-corrected chi connectivity index (χ1v) is 7.49. The van der Waals surface area contributed by atoms with Gasteiger partial charge in [-0.1, -0.05) is 39.8 Å². The van der Waals surface area contributed by atoms with E-state index in [2.05, 4.69) is 10.6 Å². The van der Waals surface area contributed by atoms with Crippen LogP contribution in [0, 0.1) is 5.41 Å². The summed E-state index contributed by atoms with van der Waals surface area (Å²) in [6.07, 6.45) is 0.769. The lowest BCUT2D eigenvalue weighted by molar-refractivity contribution is -0.131. The molecule has 1 rings (SSSR count). The van der Waals surface area contributed by atoms with Crippen molar-refractivity contribution in [2.75, 3.05) is 13.7 Å². The van der Waals surface area contributed by atoms with Crippen LogP contribution in [0.25, 0.3) is 0 Å². The minimum absolute atomic E-state index is 0.0112. The highest BCUT2D eigenvalue weighted by atomic mass is 16.5. The smallest absolute Gasteiger partial charge is 0.239 e. The second-order valence-electron chi connectivity index (χ2n) is 6.23. The molecule has 0 fully saturated rings. The average Bonchev–Trinajstić information content (AvgIpc) is 2.49. The predicted octanol–water partition coefficient (Wildman–Crippen LogP) is 2.42. The standard InChI is InChI=1S/C17H26N2O3/c1-6-14(12-7-9-13(22-5)10-8-12)19-15(20)11-18-16(21)17(2,3)4/h7-10,14H,6,11H2,1-5H3,(H,18,21)(H,19,20). The predicted molar refractivity (Wildman–Crippen MR) is 86.6 cm³/mol. The summed E-state index contributed by atoms with van der Waals surface area (Å²) in [7, 11) is 1.62. The van der Waals surface area contributed by atoms with Crippen LogP contribution in [-0.2, 0) is 9.59 Å². The molecule has 0 heterocycles. The van der Waals surface area contributed by atoms with Crippen LogP contribution < -0.4 is 15.4 Å². The van der Waals surface area contributed by atoms with Gasteiger partial charge in [-0.05, 0) is 24.1 Å². The van der Waals surface area contributed by atoms with Crippen molar-refractivity contribution < 1.29 is 14.3 Å². The molecule has 1 atom stereocenters. The Kier molecular flexibility index (Phi) is 6.40. The van der Waals surface area contributed by atoms with E-state index in [1.165, 1.54) is 0 Å². The van der Waals surface area contributed by atoms with Crippen molar-refractivity contribution in [3.05, 3.63) is 29.8 Å². The minimum Gasteiger partial charge on any atom is -0.497 e. The van der Waals surface area contributed by atoms with Crippen LogP contribution in [0.4, 0.5) is 0 Å². The van der Waals surface area contributed by atoms with Gasteiger partial charge in [0.15, 0.2) is 0 Å². The van der Waals surface area contributed by atoms with Crippen molar-refractivity contribution in [3.8, 4) is 5.75 Å². The van der Waals surface area contributed by atoms with Gasteiger partial charge < -0.3 is 15.4 Å². The summed E-state index contributed by atoms with van der Waals surface area (Å²) >= 11 is 0. The molecule has 5 heteroatoms. The van der Waals surface area contributed by atoms with Gasteiger partial charge >= 0.3 is 0 Å². The lowest BCUT2D eigenvalue weighted by Crippen LogP contribution is -2.42. The van der Waals surface area contributed by atoms with E-state index in [4.69, 9.17) is 4.74 Å². The average molecular weight is 306 g/mol. The Labute approximate surface area is 132 Å². The number of rotatable bonds is 6. The molecule has 0 spiro atoms. The van der Waals surface area contributed by atoms with Crippen molar-refractivity contribution >= 4 is 11.8 Å². The largest absolute Gasteiger partial charge is 0.497 e. The molecule has 22 heavy (non-hydrogen) atoms. The number of methoxy groups -OCH3 is 1. The van der Waals surface area contributed by atoms with E-state index < -0.39 is 5.41 Å². The van der Waals surface area contributed by atoms with Crippen LogP contribution in [0.2, 0.25) is 0 Å². The van der Waals surface area contributed by atoms with Gasteiger partial charge in [-0.25, -0.2) is 0 Å². The maximum Gasteiger partial charge on any atom is 0.239 e. The van der Waals surface area contributed by atoms with Crippen LogP contribution >= 0.6 is 0 Å². The molecular formula is C17H26N2O3. The Hall–Kier alpha value is -2.04. The summed E-state index contributed by atoms with van der Waals surface area (Å²) in [5.74, 6) is 0.447. The Morgan fingerprint density at radius 1 is 1.18 bits per heavy atom. The van der Waals surface area contributed by atoms with Gasteiger partial charge in [0, 0.05) is 5.41 Å². The third-order valence-corrected chi connectivity index (χ3v) is 3.35. The molecule has 1 aromatic carbocycles. The quantitative estimate of drug-likeness (QED) is 0.848. The van der Waals surface area contributed by atoms with Crippen LogP contribution in [0.15, 0.2) is 24.3 Å². The first-order valence-electron chi connectivity index (χ1n) is 7.49. The van der Waals surface area contributed by atoms with Gasteiger partial charge in [-0.2, -0.15) is 0 Å². The second-order valence-corrected chi connectivity index (χ2v) is 6.23. The van der Waals surface area contributed by atoms with E-state index >= 15 is 0 Å². The Morgan fingerprint density at radius 3 is 2.23 bits per heavy atom. The second kappa shape index (κ2) is 7.82. The van der Waals surface area contributed by atoms with E-state index in [-0.39, 0.29) is 24.4 Å². The number of hydrogen-bond donors (Lipinski definition) is 2. The number of carbonyl (C=O) groups excluding carboxylic acids is 2. The van der Waals surface area contributed by atoms with Gasteiger partial charge in [0.05, 0.1) is 19.7 Å². The molecule has 5 nitrogen and oxygen atoms in total. The van der Waals surface area contributed by atoms with E-state index in [0.29, 0.717) is 0 Å². The van der Waals surface area contributed by atoms with E-state index in [0.717, 1.165) is 17.7 Å². The summed E-state index contributed by atoms with van der Waals surface area (Å²) in [6, 6.07) is 7.52. The summed E-state index contributed by atoms with van der Waals surface area (Å²) in [6.45, 7) is 7.43. The summed E-state index contributed by atoms with van der Waals surface area (Å²) in [5.41, 5.74) is 0.513. The molecule has 0 bridgehead atoms. The van der Waals surface area contributed by atoms with Crippen LogP contribution in [0.1, 0.15) is 45.7 Å². The normalized spacial score (nSPS) is 12.4. The van der Waals surface area contributed by atoms with Crippen molar-refractivity contribution in [3.63, 3.8) is 0 Å². The zero-order valence-corrected chi connectivity index (χ0v) is 14.0. The summed E-state index contributed by atoms with van der Waals surface area (Å²) in [4.78, 5) is 23.7. The van der Waals surface area contributed by atoms with Crippen molar-refractivity contribution in [1.29, 1.82) is 0 Å². The Bertz CT molecular complexity index is 504. The Balaban J connectivity index is 2.58. The molecular weight excluding hydrogens is 280 g/mol. The fourth-order valence-electron chi connectivity index (χ4n) is 1.93. The highest BCUT2D eigenvalue weighted by Crippen LogP contribution is 2.20. The Morgan fingerprint density at radius 2 is 1.77 bits per heavy atom. The zero-order valence-electron chi connectivity index (χ0n) is 14.0. The number of ether oxygens (including phenoxy) is 1. The van der Waals surface area contributed by atoms with Crippen LogP contribution in [0.3, 0.4) is 0 Å². The van der Waals surface area contributed by atoms with Gasteiger partial charge in [0.25, 0.3) is 0 Å². The number of amides is 2. The fraction of sp³-hybridized carbons (Fsp3) is 0.529. The molecule has 0 aromatic heterocycles. The van der Waals surface area contributed by atoms with Crippen molar-refractivity contribution in [1.82, 2.24) is 10.6 Å². The lowest BCUT2D eigenvalue weighted by Gasteiger charge is -2.20. The fourth-order valence-corrected chi connectivity index (χ4v) is 1.93. The molecule has 122 valence electrons. The molecule has 0 aliphatic heterocycles. The highest BCUT2D eigenvalue weighted by molar-refractivity contribution is 5.87. The summed E-state index contributed by atoms with van der Waals surface area (Å²) < 4.78 is 5.13. The molecule has 1 aromatic rings. The van der Waals surface area contributed by atoms with Gasteiger partial charge in [-0.15, -0.1) is 0 Å². The first kappa shape index (κ1) is 18.0. The zero-order chi connectivity index (χ0) is 16.8. The molecule has 0 saturated carbocycles. The highest BCUT2D eigenvalue weighted by Gasteiger charge is 2.22. The maximum absolute atomic E-state index is 12.0. The van der Waals surface area contributed by atoms with Gasteiger partial charge in [0.1, 0.15) is 5.75 Å². The lowest BCUT2D eigenvalue weighted by atomic mass is 9.96. The monoisotopic (exact) mass is 306 g/mol. The molecule has 2 amide bonds. The topological polar surface area (TPSA) is 67.4 Å². The number of benzene rings is 1. The molecule has 0 aliphatic rings. The molecule has 0 aliphatic carbocycles. The molecule has 2 N–H and O–H groups in total. The minimum atomic E-state index is -0.500. The van der Waals surface area contributed by atoms with E-state index in [9.17, 15) is 9.59 Å². The van der Waals surface area contributed by atoms with Gasteiger partial charge in [0.2, 0.25) is 11.8 Å². The molecule has 0 saturated heterocycles. The SMILES string of the molecule is CCC(NC(=O)CNC(=O)C(C)(C)C)c1ccc(OC)cc1. The number of carbonyl (C=O) groups is 2. The van der Waals surface area contributed by atoms with E-state index in [1.54, 1.807) is 7.11 Å². The number of hydrogen-bond acceptors (Lipinski definition) is 3. The third-order valence-electron chi connectivity index (χ3n) is 3.35. The third kappa shape index (κ3) is 5.39.